The summed E-state index contributed by atoms with van der Waals surface area (Å²) in [6.45, 7) is 0.479. The van der Waals surface area contributed by atoms with Crippen LogP contribution in [0.2, 0.25) is 0 Å². The van der Waals surface area contributed by atoms with Gasteiger partial charge in [-0.2, -0.15) is 0 Å². The maximum atomic E-state index is 12.9. The fourth-order valence-corrected chi connectivity index (χ4v) is 3.89. The SMILES string of the molecule is O=C(O)CCc1cc(C(=O)c2cccc(C(=O)O)c2)ccc1OCCCCCCc1ccc(O)cc1. The van der Waals surface area contributed by atoms with Crippen molar-refractivity contribution in [3.8, 4) is 11.5 Å². The van der Waals surface area contributed by atoms with E-state index in [4.69, 9.17) is 9.84 Å². The second kappa shape index (κ2) is 13.1. The molecular formula is C29H30O7. The molecule has 0 amide bonds. The van der Waals surface area contributed by atoms with Crippen molar-refractivity contribution in [3.05, 3.63) is 94.5 Å². The van der Waals surface area contributed by atoms with Crippen LogP contribution in [0, 0.1) is 0 Å². The number of carboxylic acid groups (broad SMARTS) is 2. The average molecular weight is 491 g/mol. The number of hydrogen-bond donors (Lipinski definition) is 3. The number of aromatic carboxylic acids is 1. The number of carbonyl (C=O) groups excluding carboxylic acids is 1. The molecule has 0 aliphatic heterocycles. The number of hydrogen-bond acceptors (Lipinski definition) is 5. The van der Waals surface area contributed by atoms with Crippen LogP contribution >= 0.6 is 0 Å². The van der Waals surface area contributed by atoms with Crippen molar-refractivity contribution in [1.29, 1.82) is 0 Å². The lowest BCUT2D eigenvalue weighted by atomic mass is 9.98. The lowest BCUT2D eigenvalue weighted by Gasteiger charge is -2.13. The van der Waals surface area contributed by atoms with Gasteiger partial charge in [-0.05, 0) is 79.3 Å². The van der Waals surface area contributed by atoms with Gasteiger partial charge in [-0.15, -0.1) is 0 Å². The first-order chi connectivity index (χ1) is 17.3. The number of ether oxygens (including phenoxy) is 1. The molecule has 188 valence electrons. The predicted molar refractivity (Wildman–Crippen MR) is 135 cm³/mol. The van der Waals surface area contributed by atoms with Gasteiger partial charge in [0.25, 0.3) is 0 Å². The van der Waals surface area contributed by atoms with Crippen molar-refractivity contribution in [2.45, 2.75) is 44.9 Å². The monoisotopic (exact) mass is 490 g/mol. The Labute approximate surface area is 210 Å². The van der Waals surface area contributed by atoms with E-state index in [0.717, 1.165) is 32.1 Å². The number of benzene rings is 3. The lowest BCUT2D eigenvalue weighted by molar-refractivity contribution is -0.136. The van der Waals surface area contributed by atoms with Crippen LogP contribution in [-0.4, -0.2) is 39.6 Å². The van der Waals surface area contributed by atoms with E-state index in [0.29, 0.717) is 23.5 Å². The van der Waals surface area contributed by atoms with Crippen molar-refractivity contribution in [3.63, 3.8) is 0 Å². The molecule has 0 saturated carbocycles. The second-order valence-corrected chi connectivity index (χ2v) is 8.61. The highest BCUT2D eigenvalue weighted by molar-refractivity contribution is 6.10. The van der Waals surface area contributed by atoms with Gasteiger partial charge in [0, 0.05) is 17.5 Å². The van der Waals surface area contributed by atoms with Crippen molar-refractivity contribution < 1.29 is 34.4 Å². The van der Waals surface area contributed by atoms with E-state index >= 15 is 0 Å². The van der Waals surface area contributed by atoms with Crippen LogP contribution < -0.4 is 4.74 Å². The van der Waals surface area contributed by atoms with E-state index in [9.17, 15) is 24.6 Å². The van der Waals surface area contributed by atoms with Gasteiger partial charge < -0.3 is 20.1 Å². The Kier molecular flexibility index (Phi) is 9.63. The quantitative estimate of drug-likeness (QED) is 0.201. The van der Waals surface area contributed by atoms with Gasteiger partial charge in [-0.25, -0.2) is 4.79 Å². The highest BCUT2D eigenvalue weighted by Crippen LogP contribution is 2.24. The minimum absolute atomic E-state index is 0.0231. The molecule has 3 aromatic rings. The summed E-state index contributed by atoms with van der Waals surface area (Å²) in [4.78, 5) is 35.3. The summed E-state index contributed by atoms with van der Waals surface area (Å²) < 4.78 is 5.93. The molecular weight excluding hydrogens is 460 g/mol. The number of aryl methyl sites for hydroxylation is 2. The number of ketones is 1. The Hall–Kier alpha value is -4.13. The molecule has 0 unspecified atom stereocenters. The van der Waals surface area contributed by atoms with Crippen LogP contribution in [0.5, 0.6) is 11.5 Å². The Morgan fingerprint density at radius 2 is 1.42 bits per heavy atom. The number of unbranched alkanes of at least 4 members (excludes halogenated alkanes) is 3. The van der Waals surface area contributed by atoms with Crippen LogP contribution in [0.4, 0.5) is 0 Å². The van der Waals surface area contributed by atoms with Crippen LogP contribution in [-0.2, 0) is 17.6 Å². The summed E-state index contributed by atoms with van der Waals surface area (Å²) in [5, 5.41) is 27.6. The van der Waals surface area contributed by atoms with Gasteiger partial charge in [-0.1, -0.05) is 37.1 Å². The van der Waals surface area contributed by atoms with Gasteiger partial charge in [-0.3, -0.25) is 9.59 Å². The molecule has 0 fully saturated rings. The van der Waals surface area contributed by atoms with Crippen LogP contribution in [0.3, 0.4) is 0 Å². The van der Waals surface area contributed by atoms with Gasteiger partial charge in [0.15, 0.2) is 5.78 Å². The summed E-state index contributed by atoms with van der Waals surface area (Å²) in [7, 11) is 0. The first-order valence-electron chi connectivity index (χ1n) is 12.0. The summed E-state index contributed by atoms with van der Waals surface area (Å²) in [5.41, 5.74) is 2.44. The molecule has 36 heavy (non-hydrogen) atoms. The molecule has 7 nitrogen and oxygen atoms in total. The largest absolute Gasteiger partial charge is 0.508 e. The molecule has 0 atom stereocenters. The predicted octanol–water partition coefficient (Wildman–Crippen LogP) is 5.52. The Morgan fingerprint density at radius 1 is 0.722 bits per heavy atom. The first-order valence-corrected chi connectivity index (χ1v) is 12.0. The molecule has 0 bridgehead atoms. The summed E-state index contributed by atoms with van der Waals surface area (Å²) in [6.07, 6.45) is 4.97. The zero-order valence-corrected chi connectivity index (χ0v) is 20.0. The zero-order valence-electron chi connectivity index (χ0n) is 20.0. The molecule has 0 aliphatic rings. The Balaban J connectivity index is 1.57. The maximum absolute atomic E-state index is 12.9. The minimum atomic E-state index is -1.11. The highest BCUT2D eigenvalue weighted by atomic mass is 16.5. The summed E-state index contributed by atoms with van der Waals surface area (Å²) >= 11 is 0. The van der Waals surface area contributed by atoms with Crippen LogP contribution in [0.25, 0.3) is 0 Å². The molecule has 3 rings (SSSR count). The van der Waals surface area contributed by atoms with Crippen molar-refractivity contribution in [2.24, 2.45) is 0 Å². The van der Waals surface area contributed by atoms with Crippen LogP contribution in [0.15, 0.2) is 66.7 Å². The van der Waals surface area contributed by atoms with Gasteiger partial charge in [0.1, 0.15) is 11.5 Å². The topological polar surface area (TPSA) is 121 Å². The number of carboxylic acids is 2. The molecule has 0 heterocycles. The van der Waals surface area contributed by atoms with Gasteiger partial charge >= 0.3 is 11.9 Å². The number of aliphatic carboxylic acids is 1. The number of phenols is 1. The third-order valence-corrected chi connectivity index (χ3v) is 5.86. The fourth-order valence-electron chi connectivity index (χ4n) is 3.89. The van der Waals surface area contributed by atoms with Crippen LogP contribution in [0.1, 0.15) is 69.5 Å². The highest BCUT2D eigenvalue weighted by Gasteiger charge is 2.15. The smallest absolute Gasteiger partial charge is 0.335 e. The van der Waals surface area contributed by atoms with Crippen molar-refractivity contribution in [1.82, 2.24) is 0 Å². The van der Waals surface area contributed by atoms with E-state index in [-0.39, 0.29) is 35.5 Å². The van der Waals surface area contributed by atoms with Gasteiger partial charge in [0.05, 0.1) is 12.2 Å². The van der Waals surface area contributed by atoms with E-state index in [1.807, 2.05) is 12.1 Å². The molecule has 3 aromatic carbocycles. The standard InChI is InChI=1S/C29H30O7/c30-25-13-9-20(10-14-25)6-3-1-2-4-17-36-26-15-11-23(18-21(26)12-16-27(31)32)28(33)22-7-5-8-24(19-22)29(34)35/h5,7-11,13-15,18-19,30H,1-4,6,12,16-17H2,(H,31,32)(H,34,35). The normalized spacial score (nSPS) is 10.7. The average Bonchev–Trinajstić information content (AvgIpc) is 2.88. The molecule has 0 saturated heterocycles. The Bertz CT molecular complexity index is 1200. The van der Waals surface area contributed by atoms with Crippen molar-refractivity contribution in [2.75, 3.05) is 6.61 Å². The number of aromatic hydroxyl groups is 1. The zero-order chi connectivity index (χ0) is 25.9. The second-order valence-electron chi connectivity index (χ2n) is 8.61. The molecule has 0 spiro atoms. The first kappa shape index (κ1) is 26.5. The minimum Gasteiger partial charge on any atom is -0.508 e. The number of phenolic OH excluding ortho intramolecular Hbond substituents is 1. The third kappa shape index (κ3) is 7.98. The molecule has 0 aliphatic carbocycles. The number of rotatable bonds is 14. The third-order valence-electron chi connectivity index (χ3n) is 5.86. The Morgan fingerprint density at radius 3 is 2.14 bits per heavy atom. The van der Waals surface area contributed by atoms with E-state index in [1.54, 1.807) is 36.4 Å². The molecule has 7 heteroatoms. The van der Waals surface area contributed by atoms with E-state index < -0.39 is 11.9 Å². The maximum Gasteiger partial charge on any atom is 0.335 e. The van der Waals surface area contributed by atoms with Gasteiger partial charge in [0.2, 0.25) is 0 Å². The summed E-state index contributed by atoms with van der Waals surface area (Å²) in [6, 6.07) is 18.0. The number of carbonyl (C=O) groups is 3. The molecule has 0 radical (unpaired) electrons. The fraction of sp³-hybridized carbons (Fsp3) is 0.276. The van der Waals surface area contributed by atoms with Crippen molar-refractivity contribution >= 4 is 17.7 Å². The lowest BCUT2D eigenvalue weighted by Crippen LogP contribution is -2.07. The summed E-state index contributed by atoms with van der Waals surface area (Å²) in [5.74, 6) is -1.58. The molecule has 0 aromatic heterocycles. The molecule has 3 N–H and O–H groups in total. The van der Waals surface area contributed by atoms with E-state index in [2.05, 4.69) is 0 Å². The van der Waals surface area contributed by atoms with E-state index in [1.165, 1.54) is 23.8 Å².